The fourth-order valence-corrected chi connectivity index (χ4v) is 1.48. The van der Waals surface area contributed by atoms with Crippen molar-refractivity contribution in [3.8, 4) is 0 Å². The van der Waals surface area contributed by atoms with E-state index in [0.717, 1.165) is 6.42 Å². The molecule has 0 fully saturated rings. The van der Waals surface area contributed by atoms with E-state index >= 15 is 0 Å². The SMILES string of the molecule is CCCNC(=O)NC(=O)CNc1ccccc1C(N)=O. The number of anilines is 1. The number of para-hydroxylation sites is 1. The van der Waals surface area contributed by atoms with Crippen molar-refractivity contribution in [3.05, 3.63) is 29.8 Å². The number of carbonyl (C=O) groups is 3. The van der Waals surface area contributed by atoms with Crippen molar-refractivity contribution in [1.29, 1.82) is 0 Å². The Bertz CT molecular complexity index is 502. The summed E-state index contributed by atoms with van der Waals surface area (Å²) in [7, 11) is 0. The molecule has 0 unspecified atom stereocenters. The predicted molar refractivity (Wildman–Crippen MR) is 75.3 cm³/mol. The quantitative estimate of drug-likeness (QED) is 0.604. The molecular weight excluding hydrogens is 260 g/mol. The van der Waals surface area contributed by atoms with Crippen LogP contribution in [0.2, 0.25) is 0 Å². The van der Waals surface area contributed by atoms with Gasteiger partial charge in [-0.15, -0.1) is 0 Å². The van der Waals surface area contributed by atoms with Gasteiger partial charge in [-0.05, 0) is 18.6 Å². The molecular formula is C13H18N4O3. The van der Waals surface area contributed by atoms with Crippen LogP contribution in [0, 0.1) is 0 Å². The van der Waals surface area contributed by atoms with Crippen molar-refractivity contribution in [2.45, 2.75) is 13.3 Å². The van der Waals surface area contributed by atoms with Crippen LogP contribution in [0.1, 0.15) is 23.7 Å². The number of urea groups is 1. The normalized spacial score (nSPS) is 9.65. The molecule has 7 heteroatoms. The fourth-order valence-electron chi connectivity index (χ4n) is 1.48. The van der Waals surface area contributed by atoms with Crippen molar-refractivity contribution in [2.24, 2.45) is 5.73 Å². The Labute approximate surface area is 116 Å². The second-order valence-corrected chi connectivity index (χ2v) is 4.07. The van der Waals surface area contributed by atoms with E-state index in [9.17, 15) is 14.4 Å². The molecule has 0 aliphatic carbocycles. The molecule has 0 saturated carbocycles. The fraction of sp³-hybridized carbons (Fsp3) is 0.308. The monoisotopic (exact) mass is 278 g/mol. The molecule has 5 N–H and O–H groups in total. The summed E-state index contributed by atoms with van der Waals surface area (Å²) in [6.45, 7) is 2.27. The molecule has 0 aliphatic rings. The number of primary amides is 1. The summed E-state index contributed by atoms with van der Waals surface area (Å²) in [6, 6.07) is 6.02. The molecule has 108 valence electrons. The van der Waals surface area contributed by atoms with Gasteiger partial charge >= 0.3 is 6.03 Å². The zero-order valence-corrected chi connectivity index (χ0v) is 11.2. The largest absolute Gasteiger partial charge is 0.375 e. The highest BCUT2D eigenvalue weighted by molar-refractivity contribution is 6.00. The first kappa shape index (κ1) is 15.5. The zero-order chi connectivity index (χ0) is 15.0. The summed E-state index contributed by atoms with van der Waals surface area (Å²) in [5.74, 6) is -1.09. The van der Waals surface area contributed by atoms with Crippen LogP contribution in [0.3, 0.4) is 0 Å². The molecule has 1 aromatic rings. The Hall–Kier alpha value is -2.57. The number of benzene rings is 1. The molecule has 7 nitrogen and oxygen atoms in total. The molecule has 0 saturated heterocycles. The second kappa shape index (κ2) is 7.78. The van der Waals surface area contributed by atoms with Crippen molar-refractivity contribution in [1.82, 2.24) is 10.6 Å². The van der Waals surface area contributed by atoms with Crippen molar-refractivity contribution >= 4 is 23.5 Å². The first-order valence-corrected chi connectivity index (χ1v) is 6.25. The van der Waals surface area contributed by atoms with Crippen LogP contribution in [0.4, 0.5) is 10.5 Å². The van der Waals surface area contributed by atoms with E-state index in [1.54, 1.807) is 24.3 Å². The number of rotatable bonds is 6. The smallest absolute Gasteiger partial charge is 0.321 e. The van der Waals surface area contributed by atoms with E-state index in [4.69, 9.17) is 5.73 Å². The highest BCUT2D eigenvalue weighted by atomic mass is 16.2. The molecule has 4 amide bonds. The Morgan fingerprint density at radius 1 is 1.20 bits per heavy atom. The minimum absolute atomic E-state index is 0.135. The van der Waals surface area contributed by atoms with Gasteiger partial charge in [0.15, 0.2) is 0 Å². The Morgan fingerprint density at radius 3 is 2.55 bits per heavy atom. The first-order chi connectivity index (χ1) is 9.54. The van der Waals surface area contributed by atoms with E-state index in [1.807, 2.05) is 6.92 Å². The van der Waals surface area contributed by atoms with Crippen molar-refractivity contribution in [2.75, 3.05) is 18.4 Å². The van der Waals surface area contributed by atoms with E-state index in [0.29, 0.717) is 12.2 Å². The Balaban J connectivity index is 2.49. The van der Waals surface area contributed by atoms with Gasteiger partial charge < -0.3 is 16.4 Å². The summed E-state index contributed by atoms with van der Waals surface area (Å²) < 4.78 is 0. The molecule has 0 aliphatic heterocycles. The third-order valence-corrected chi connectivity index (χ3v) is 2.42. The van der Waals surface area contributed by atoms with Crippen LogP contribution >= 0.6 is 0 Å². The molecule has 0 bridgehead atoms. The van der Waals surface area contributed by atoms with Crippen LogP contribution in [-0.2, 0) is 4.79 Å². The second-order valence-electron chi connectivity index (χ2n) is 4.07. The highest BCUT2D eigenvalue weighted by Crippen LogP contribution is 2.13. The van der Waals surface area contributed by atoms with Gasteiger partial charge in [-0.3, -0.25) is 14.9 Å². The number of nitrogens with one attached hydrogen (secondary N) is 3. The molecule has 0 aromatic heterocycles. The Morgan fingerprint density at radius 2 is 1.90 bits per heavy atom. The van der Waals surface area contributed by atoms with Gasteiger partial charge in [0.25, 0.3) is 5.91 Å². The lowest BCUT2D eigenvalue weighted by Crippen LogP contribution is -2.42. The number of amides is 4. The number of nitrogens with two attached hydrogens (primary N) is 1. The van der Waals surface area contributed by atoms with Gasteiger partial charge in [-0.1, -0.05) is 19.1 Å². The number of hydrogen-bond acceptors (Lipinski definition) is 4. The van der Waals surface area contributed by atoms with E-state index in [1.165, 1.54) is 0 Å². The van der Waals surface area contributed by atoms with Crippen molar-refractivity contribution in [3.63, 3.8) is 0 Å². The molecule has 0 atom stereocenters. The molecule has 1 aromatic carbocycles. The maximum absolute atomic E-state index is 11.5. The van der Waals surface area contributed by atoms with E-state index in [2.05, 4.69) is 16.0 Å². The lowest BCUT2D eigenvalue weighted by atomic mass is 10.1. The van der Waals surface area contributed by atoms with E-state index in [-0.39, 0.29) is 12.1 Å². The van der Waals surface area contributed by atoms with Crippen LogP contribution < -0.4 is 21.7 Å². The molecule has 1 rings (SSSR count). The molecule has 0 spiro atoms. The average Bonchev–Trinajstić information content (AvgIpc) is 2.43. The summed E-state index contributed by atoms with van der Waals surface area (Å²) in [5, 5.41) is 7.45. The van der Waals surface area contributed by atoms with Crippen LogP contribution in [0.5, 0.6) is 0 Å². The van der Waals surface area contributed by atoms with Crippen LogP contribution in [0.25, 0.3) is 0 Å². The standard InChI is InChI=1S/C13H18N4O3/c1-2-7-15-13(20)17-11(18)8-16-10-6-4-3-5-9(10)12(14)19/h3-6,16H,2,7-8H2,1H3,(H2,14,19)(H2,15,17,18,20). The predicted octanol–water partition coefficient (Wildman–Crippen LogP) is 0.433. The maximum Gasteiger partial charge on any atom is 0.321 e. The molecule has 0 radical (unpaired) electrons. The van der Waals surface area contributed by atoms with Gasteiger partial charge in [-0.25, -0.2) is 4.79 Å². The average molecular weight is 278 g/mol. The number of hydrogen-bond donors (Lipinski definition) is 4. The number of carbonyl (C=O) groups excluding carboxylic acids is 3. The third-order valence-electron chi connectivity index (χ3n) is 2.42. The van der Waals surface area contributed by atoms with Gasteiger partial charge in [-0.2, -0.15) is 0 Å². The lowest BCUT2D eigenvalue weighted by molar-refractivity contribution is -0.118. The lowest BCUT2D eigenvalue weighted by Gasteiger charge is -2.10. The minimum atomic E-state index is -0.589. The van der Waals surface area contributed by atoms with Gasteiger partial charge in [0.05, 0.1) is 12.1 Å². The summed E-state index contributed by atoms with van der Waals surface area (Å²) in [4.78, 5) is 34.0. The summed E-state index contributed by atoms with van der Waals surface area (Å²) >= 11 is 0. The van der Waals surface area contributed by atoms with Crippen LogP contribution in [0.15, 0.2) is 24.3 Å². The molecule has 20 heavy (non-hydrogen) atoms. The van der Waals surface area contributed by atoms with E-state index < -0.39 is 17.8 Å². The van der Waals surface area contributed by atoms with Gasteiger partial charge in [0.1, 0.15) is 0 Å². The zero-order valence-electron chi connectivity index (χ0n) is 11.2. The van der Waals surface area contributed by atoms with Crippen molar-refractivity contribution < 1.29 is 14.4 Å². The van der Waals surface area contributed by atoms with Gasteiger partial charge in [0.2, 0.25) is 5.91 Å². The maximum atomic E-state index is 11.5. The minimum Gasteiger partial charge on any atom is -0.375 e. The molecule has 0 heterocycles. The summed E-state index contributed by atoms with van der Waals surface area (Å²) in [6.07, 6.45) is 0.784. The summed E-state index contributed by atoms with van der Waals surface area (Å²) in [5.41, 5.74) is 5.95. The van der Waals surface area contributed by atoms with Crippen LogP contribution in [-0.4, -0.2) is 30.9 Å². The topological polar surface area (TPSA) is 113 Å². The highest BCUT2D eigenvalue weighted by Gasteiger charge is 2.10. The Kier molecular flexibility index (Phi) is 6.02. The van der Waals surface area contributed by atoms with Gasteiger partial charge in [0, 0.05) is 12.2 Å². The third kappa shape index (κ3) is 4.97. The number of imide groups is 1. The first-order valence-electron chi connectivity index (χ1n) is 6.25.